The highest BCUT2D eigenvalue weighted by Gasteiger charge is 2.54. The molecule has 1 aliphatic carbocycles. The molecule has 0 bridgehead atoms. The van der Waals surface area contributed by atoms with Crippen molar-refractivity contribution < 1.29 is 14.3 Å². The summed E-state index contributed by atoms with van der Waals surface area (Å²) in [6.45, 7) is 2.36. The van der Waals surface area contributed by atoms with Crippen molar-refractivity contribution in [1.82, 2.24) is 4.90 Å². The van der Waals surface area contributed by atoms with Crippen molar-refractivity contribution in [3.05, 3.63) is 57.6 Å². The minimum Gasteiger partial charge on any atom is -0.467 e. The van der Waals surface area contributed by atoms with Gasteiger partial charge in [-0.05, 0) is 46.5 Å². The average Bonchev–Trinajstić information content (AvgIpc) is 2.91. The molecular weight excluding hydrogens is 361 g/mol. The lowest BCUT2D eigenvalue weighted by molar-refractivity contribution is -0.155. The summed E-state index contributed by atoms with van der Waals surface area (Å²) in [5.74, 6) is -0.334. The molecule has 2 aliphatic rings. The Labute approximate surface area is 156 Å². The summed E-state index contributed by atoms with van der Waals surface area (Å²) in [5, 5.41) is 1.17. The highest BCUT2D eigenvalue weighted by Crippen LogP contribution is 2.52. The van der Waals surface area contributed by atoms with Gasteiger partial charge in [0, 0.05) is 23.1 Å². The SMILES string of the molecule is COC(=O)C1(N2CCOCC2)c2cc(Cl)ccc2-c2ccc(Cl)cc21. The molecule has 25 heavy (non-hydrogen) atoms. The number of nitrogens with zero attached hydrogens (tertiary/aromatic N) is 1. The van der Waals surface area contributed by atoms with Crippen molar-refractivity contribution in [2.45, 2.75) is 5.54 Å². The fraction of sp³-hybridized carbons (Fsp3) is 0.316. The maximum Gasteiger partial charge on any atom is 0.335 e. The van der Waals surface area contributed by atoms with Crippen LogP contribution in [0.1, 0.15) is 11.1 Å². The van der Waals surface area contributed by atoms with E-state index in [-0.39, 0.29) is 5.97 Å². The summed E-state index contributed by atoms with van der Waals surface area (Å²) in [6, 6.07) is 11.3. The van der Waals surface area contributed by atoms with E-state index in [2.05, 4.69) is 4.90 Å². The summed E-state index contributed by atoms with van der Waals surface area (Å²) in [5.41, 5.74) is 2.58. The van der Waals surface area contributed by atoms with Gasteiger partial charge >= 0.3 is 5.97 Å². The van der Waals surface area contributed by atoms with Crippen molar-refractivity contribution in [3.8, 4) is 11.1 Å². The van der Waals surface area contributed by atoms with Gasteiger partial charge in [0.2, 0.25) is 0 Å². The topological polar surface area (TPSA) is 38.8 Å². The molecule has 2 aromatic rings. The second-order valence-corrected chi connectivity index (χ2v) is 7.05. The molecule has 1 aliphatic heterocycles. The number of rotatable bonds is 2. The lowest BCUT2D eigenvalue weighted by Crippen LogP contribution is -2.56. The zero-order chi connectivity index (χ0) is 17.6. The van der Waals surface area contributed by atoms with E-state index in [9.17, 15) is 4.79 Å². The maximum atomic E-state index is 13.2. The van der Waals surface area contributed by atoms with Crippen molar-refractivity contribution >= 4 is 29.2 Å². The number of carbonyl (C=O) groups excluding carboxylic acids is 1. The predicted octanol–water partition coefficient (Wildman–Crippen LogP) is 3.72. The van der Waals surface area contributed by atoms with Gasteiger partial charge in [-0.1, -0.05) is 35.3 Å². The normalized spacial score (nSPS) is 18.5. The summed E-state index contributed by atoms with van der Waals surface area (Å²) < 4.78 is 10.8. The van der Waals surface area contributed by atoms with Gasteiger partial charge in [-0.2, -0.15) is 0 Å². The van der Waals surface area contributed by atoms with Crippen LogP contribution in [0.2, 0.25) is 10.0 Å². The monoisotopic (exact) mass is 377 g/mol. The van der Waals surface area contributed by atoms with Crippen LogP contribution in [0, 0.1) is 0 Å². The standard InChI is InChI=1S/C19H17Cl2NO3/c1-24-18(23)19(22-6-8-25-9-7-22)16-10-12(20)2-4-14(16)15-5-3-13(21)11-17(15)19/h2-5,10-11H,6-9H2,1H3. The van der Waals surface area contributed by atoms with E-state index in [4.69, 9.17) is 32.7 Å². The molecule has 0 saturated carbocycles. The van der Waals surface area contributed by atoms with Gasteiger partial charge in [-0.25, -0.2) is 4.79 Å². The number of hydrogen-bond donors (Lipinski definition) is 0. The largest absolute Gasteiger partial charge is 0.467 e. The first kappa shape index (κ1) is 16.9. The van der Waals surface area contributed by atoms with Crippen LogP contribution in [0.3, 0.4) is 0 Å². The van der Waals surface area contributed by atoms with Crippen LogP contribution in [0.25, 0.3) is 11.1 Å². The smallest absolute Gasteiger partial charge is 0.335 e. The highest BCUT2D eigenvalue weighted by atomic mass is 35.5. The molecule has 4 rings (SSSR count). The summed E-state index contributed by atoms with van der Waals surface area (Å²) in [4.78, 5) is 15.3. The molecule has 0 unspecified atom stereocenters. The van der Waals surface area contributed by atoms with Crippen molar-refractivity contribution in [2.75, 3.05) is 33.4 Å². The number of fused-ring (bicyclic) bond motifs is 3. The fourth-order valence-corrected chi connectivity index (χ4v) is 4.33. The third kappa shape index (κ3) is 2.40. The van der Waals surface area contributed by atoms with E-state index < -0.39 is 5.54 Å². The van der Waals surface area contributed by atoms with Crippen LogP contribution in [-0.2, 0) is 19.8 Å². The summed E-state index contributed by atoms with van der Waals surface area (Å²) in [6.07, 6.45) is 0. The van der Waals surface area contributed by atoms with Crippen molar-refractivity contribution in [3.63, 3.8) is 0 Å². The Hall–Kier alpha value is -1.59. The molecule has 1 fully saturated rings. The minimum absolute atomic E-state index is 0.334. The highest BCUT2D eigenvalue weighted by molar-refractivity contribution is 6.31. The Morgan fingerprint density at radius 2 is 1.56 bits per heavy atom. The van der Waals surface area contributed by atoms with Crippen LogP contribution in [0.4, 0.5) is 0 Å². The van der Waals surface area contributed by atoms with E-state index in [1.807, 2.05) is 36.4 Å². The Kier molecular flexibility index (Phi) is 4.24. The van der Waals surface area contributed by atoms with Crippen molar-refractivity contribution in [1.29, 1.82) is 0 Å². The van der Waals surface area contributed by atoms with Crippen LogP contribution < -0.4 is 0 Å². The molecule has 4 nitrogen and oxygen atoms in total. The molecule has 130 valence electrons. The van der Waals surface area contributed by atoms with E-state index in [0.29, 0.717) is 36.3 Å². The molecule has 0 amide bonds. The molecule has 1 saturated heterocycles. The van der Waals surface area contributed by atoms with Crippen molar-refractivity contribution in [2.24, 2.45) is 0 Å². The Morgan fingerprint density at radius 1 is 1.04 bits per heavy atom. The molecule has 0 N–H and O–H groups in total. The lowest BCUT2D eigenvalue weighted by atomic mass is 9.85. The first-order valence-corrected chi connectivity index (χ1v) is 8.86. The zero-order valence-electron chi connectivity index (χ0n) is 13.7. The zero-order valence-corrected chi connectivity index (χ0v) is 15.2. The molecule has 1 heterocycles. The van der Waals surface area contributed by atoms with Gasteiger partial charge in [0.1, 0.15) is 0 Å². The number of esters is 1. The van der Waals surface area contributed by atoms with E-state index >= 15 is 0 Å². The Morgan fingerprint density at radius 3 is 2.04 bits per heavy atom. The van der Waals surface area contributed by atoms with Gasteiger partial charge in [0.05, 0.1) is 20.3 Å². The van der Waals surface area contributed by atoms with E-state index in [1.165, 1.54) is 7.11 Å². The van der Waals surface area contributed by atoms with Crippen LogP contribution in [0.15, 0.2) is 36.4 Å². The molecule has 6 heteroatoms. The second-order valence-electron chi connectivity index (χ2n) is 6.18. The number of hydrogen-bond acceptors (Lipinski definition) is 4. The predicted molar refractivity (Wildman–Crippen MR) is 97.1 cm³/mol. The Bertz CT molecular complexity index is 795. The fourth-order valence-electron chi connectivity index (χ4n) is 3.98. The number of benzene rings is 2. The van der Waals surface area contributed by atoms with Gasteiger partial charge in [-0.3, -0.25) is 4.90 Å². The average molecular weight is 378 g/mol. The second kappa shape index (κ2) is 6.29. The van der Waals surface area contributed by atoms with Gasteiger partial charge in [0.25, 0.3) is 0 Å². The lowest BCUT2D eigenvalue weighted by Gasteiger charge is -2.42. The first-order chi connectivity index (χ1) is 12.1. The van der Waals surface area contributed by atoms with Gasteiger partial charge in [-0.15, -0.1) is 0 Å². The van der Waals surface area contributed by atoms with E-state index in [1.54, 1.807) is 0 Å². The number of ether oxygens (including phenoxy) is 2. The third-order valence-corrected chi connectivity index (χ3v) is 5.47. The van der Waals surface area contributed by atoms with Gasteiger partial charge < -0.3 is 9.47 Å². The van der Waals surface area contributed by atoms with Crippen LogP contribution in [0.5, 0.6) is 0 Å². The maximum absolute atomic E-state index is 13.2. The van der Waals surface area contributed by atoms with E-state index in [0.717, 1.165) is 22.3 Å². The van der Waals surface area contributed by atoms with Crippen LogP contribution in [-0.4, -0.2) is 44.3 Å². The summed E-state index contributed by atoms with van der Waals surface area (Å²) >= 11 is 12.6. The van der Waals surface area contributed by atoms with Crippen LogP contribution >= 0.6 is 23.2 Å². The summed E-state index contributed by atoms with van der Waals surface area (Å²) in [7, 11) is 1.41. The first-order valence-electron chi connectivity index (χ1n) is 8.10. The quantitative estimate of drug-likeness (QED) is 0.747. The molecule has 0 spiro atoms. The Balaban J connectivity index is 2.06. The third-order valence-electron chi connectivity index (χ3n) is 5.00. The number of halogens is 2. The molecule has 2 aromatic carbocycles. The molecule has 0 radical (unpaired) electrons. The minimum atomic E-state index is -1.06. The number of morpholine rings is 1. The molecule has 0 aromatic heterocycles. The van der Waals surface area contributed by atoms with Gasteiger partial charge in [0.15, 0.2) is 5.54 Å². The number of methoxy groups -OCH3 is 1. The molecular formula is C19H17Cl2NO3. The molecule has 0 atom stereocenters. The number of carbonyl (C=O) groups is 1.